The van der Waals surface area contributed by atoms with Gasteiger partial charge >= 0.3 is 5.97 Å². The molecule has 0 atom stereocenters. The summed E-state index contributed by atoms with van der Waals surface area (Å²) in [4.78, 5) is 10.5. The molecule has 0 aromatic heterocycles. The largest absolute Gasteiger partial charge is 0.487 e. The molecule has 0 amide bonds. The molecular weight excluding hydrogens is 240 g/mol. The van der Waals surface area contributed by atoms with E-state index in [1.807, 2.05) is 20.8 Å². The highest BCUT2D eigenvalue weighted by atomic mass is 35.5. The first-order valence-electron chi connectivity index (χ1n) is 5.17. The molecule has 92 valence electrons. The van der Waals surface area contributed by atoms with Crippen LogP contribution in [0, 0.1) is 0 Å². The lowest BCUT2D eigenvalue weighted by Gasteiger charge is -2.22. The molecule has 1 rings (SSSR count). The van der Waals surface area contributed by atoms with Gasteiger partial charge < -0.3 is 9.84 Å². The predicted molar refractivity (Wildman–Crippen MR) is 68.5 cm³/mol. The molecule has 0 bridgehead atoms. The molecule has 4 heteroatoms. The van der Waals surface area contributed by atoms with Crippen molar-refractivity contribution in [3.63, 3.8) is 0 Å². The summed E-state index contributed by atoms with van der Waals surface area (Å²) in [5.41, 5.74) is 0.322. The number of carboxylic acid groups (broad SMARTS) is 1. The van der Waals surface area contributed by atoms with Crippen LogP contribution in [-0.4, -0.2) is 16.7 Å². The van der Waals surface area contributed by atoms with Gasteiger partial charge in [0, 0.05) is 16.7 Å². The molecule has 0 radical (unpaired) electrons. The summed E-state index contributed by atoms with van der Waals surface area (Å²) in [6.07, 6.45) is 2.55. The lowest BCUT2D eigenvalue weighted by molar-refractivity contribution is -0.131. The number of carbonyl (C=O) groups is 1. The summed E-state index contributed by atoms with van der Waals surface area (Å²) in [6.45, 7) is 5.75. The molecule has 0 spiro atoms. The maximum atomic E-state index is 10.5. The van der Waals surface area contributed by atoms with Gasteiger partial charge in [-0.2, -0.15) is 0 Å². The van der Waals surface area contributed by atoms with Gasteiger partial charge in [-0.25, -0.2) is 4.79 Å². The van der Waals surface area contributed by atoms with Crippen molar-refractivity contribution in [2.75, 3.05) is 0 Å². The van der Waals surface area contributed by atoms with E-state index in [-0.39, 0.29) is 5.60 Å². The van der Waals surface area contributed by atoms with E-state index >= 15 is 0 Å². The number of rotatable bonds is 3. The van der Waals surface area contributed by atoms with E-state index < -0.39 is 5.97 Å². The lowest BCUT2D eigenvalue weighted by atomic mass is 10.1. The van der Waals surface area contributed by atoms with Crippen molar-refractivity contribution in [3.05, 3.63) is 34.9 Å². The maximum Gasteiger partial charge on any atom is 0.328 e. The van der Waals surface area contributed by atoms with Crippen molar-refractivity contribution in [1.29, 1.82) is 0 Å². The molecule has 0 aliphatic heterocycles. The van der Waals surface area contributed by atoms with Crippen molar-refractivity contribution in [1.82, 2.24) is 0 Å². The zero-order valence-electron chi connectivity index (χ0n) is 10.0. The molecule has 1 aromatic carbocycles. The highest BCUT2D eigenvalue weighted by molar-refractivity contribution is 6.30. The zero-order chi connectivity index (χ0) is 13.1. The third kappa shape index (κ3) is 4.91. The number of aliphatic carboxylic acids is 1. The molecule has 1 aromatic rings. The van der Waals surface area contributed by atoms with E-state index in [9.17, 15) is 4.79 Å². The summed E-state index contributed by atoms with van der Waals surface area (Å²) in [5.74, 6) is -0.427. The number of halogens is 1. The third-order valence-electron chi connectivity index (χ3n) is 1.80. The maximum absolute atomic E-state index is 10.5. The second-order valence-electron chi connectivity index (χ2n) is 4.57. The highest BCUT2D eigenvalue weighted by Crippen LogP contribution is 2.27. The summed E-state index contributed by atoms with van der Waals surface area (Å²) < 4.78 is 5.72. The minimum absolute atomic E-state index is 0.365. The molecule has 0 unspecified atom stereocenters. The molecule has 0 aliphatic rings. The quantitative estimate of drug-likeness (QED) is 0.838. The standard InChI is InChI=1S/C13H15ClO3/c1-13(2,3)17-11-8-10(14)6-4-9(11)5-7-12(15)16/h4-8H,1-3H3,(H,15,16)/b7-5+. The first-order chi connectivity index (χ1) is 7.78. The smallest absolute Gasteiger partial charge is 0.328 e. The Bertz CT molecular complexity index is 444. The van der Waals surface area contributed by atoms with E-state index in [0.29, 0.717) is 16.3 Å². The molecule has 0 saturated heterocycles. The Morgan fingerprint density at radius 1 is 1.41 bits per heavy atom. The van der Waals surface area contributed by atoms with Gasteiger partial charge in [0.2, 0.25) is 0 Å². The summed E-state index contributed by atoms with van der Waals surface area (Å²) in [6, 6.07) is 5.09. The Labute approximate surface area is 106 Å². The second kappa shape index (κ2) is 5.23. The van der Waals surface area contributed by atoms with E-state index in [4.69, 9.17) is 21.4 Å². The number of hydrogen-bond acceptors (Lipinski definition) is 2. The fraction of sp³-hybridized carbons (Fsp3) is 0.308. The van der Waals surface area contributed by atoms with Crippen LogP contribution in [0.2, 0.25) is 5.02 Å². The van der Waals surface area contributed by atoms with E-state index in [2.05, 4.69) is 0 Å². The number of ether oxygens (including phenoxy) is 1. The minimum Gasteiger partial charge on any atom is -0.487 e. The van der Waals surface area contributed by atoms with Gasteiger partial charge in [0.25, 0.3) is 0 Å². The van der Waals surface area contributed by atoms with E-state index in [0.717, 1.165) is 6.08 Å². The van der Waals surface area contributed by atoms with Crippen LogP contribution < -0.4 is 4.74 Å². The first-order valence-corrected chi connectivity index (χ1v) is 5.55. The third-order valence-corrected chi connectivity index (χ3v) is 2.03. The molecule has 3 nitrogen and oxygen atoms in total. The van der Waals surface area contributed by atoms with Crippen LogP contribution in [0.4, 0.5) is 0 Å². The van der Waals surface area contributed by atoms with E-state index in [1.54, 1.807) is 18.2 Å². The normalized spacial score (nSPS) is 11.8. The van der Waals surface area contributed by atoms with Gasteiger partial charge in [0.05, 0.1) is 0 Å². The van der Waals surface area contributed by atoms with Crippen LogP contribution in [0.1, 0.15) is 26.3 Å². The van der Waals surface area contributed by atoms with E-state index in [1.165, 1.54) is 6.08 Å². The molecule has 0 aliphatic carbocycles. The van der Waals surface area contributed by atoms with Crippen molar-refractivity contribution in [2.24, 2.45) is 0 Å². The Morgan fingerprint density at radius 2 is 2.06 bits per heavy atom. The lowest BCUT2D eigenvalue weighted by Crippen LogP contribution is -2.23. The van der Waals surface area contributed by atoms with Gasteiger partial charge in [0.15, 0.2) is 0 Å². The Kier molecular flexibility index (Phi) is 4.18. The fourth-order valence-corrected chi connectivity index (χ4v) is 1.39. The number of carboxylic acids is 1. The van der Waals surface area contributed by atoms with Crippen molar-refractivity contribution < 1.29 is 14.6 Å². The summed E-state index contributed by atoms with van der Waals surface area (Å²) >= 11 is 5.89. The van der Waals surface area contributed by atoms with Crippen LogP contribution in [0.5, 0.6) is 5.75 Å². The van der Waals surface area contributed by atoms with Crippen molar-refractivity contribution in [3.8, 4) is 5.75 Å². The minimum atomic E-state index is -0.998. The van der Waals surface area contributed by atoms with Crippen molar-refractivity contribution in [2.45, 2.75) is 26.4 Å². The highest BCUT2D eigenvalue weighted by Gasteiger charge is 2.14. The molecule has 0 saturated carbocycles. The Hall–Kier alpha value is -1.48. The molecule has 0 heterocycles. The second-order valence-corrected chi connectivity index (χ2v) is 5.00. The van der Waals surface area contributed by atoms with Gasteiger partial charge in [0.1, 0.15) is 11.4 Å². The van der Waals surface area contributed by atoms with Gasteiger partial charge in [-0.05, 0) is 45.0 Å². The molecule has 1 N–H and O–H groups in total. The average molecular weight is 255 g/mol. The Morgan fingerprint density at radius 3 is 2.59 bits per heavy atom. The molecule has 17 heavy (non-hydrogen) atoms. The molecular formula is C13H15ClO3. The van der Waals surface area contributed by atoms with Crippen LogP contribution in [-0.2, 0) is 4.79 Å². The Balaban J connectivity index is 3.08. The van der Waals surface area contributed by atoms with Gasteiger partial charge in [-0.3, -0.25) is 0 Å². The van der Waals surface area contributed by atoms with Crippen LogP contribution in [0.15, 0.2) is 24.3 Å². The van der Waals surface area contributed by atoms with Crippen LogP contribution >= 0.6 is 11.6 Å². The monoisotopic (exact) mass is 254 g/mol. The van der Waals surface area contributed by atoms with Gasteiger partial charge in [-0.1, -0.05) is 11.6 Å². The summed E-state index contributed by atoms with van der Waals surface area (Å²) in [5, 5.41) is 9.15. The first kappa shape index (κ1) is 13.6. The predicted octanol–water partition coefficient (Wildman–Crippen LogP) is 3.62. The topological polar surface area (TPSA) is 46.5 Å². The fourth-order valence-electron chi connectivity index (χ4n) is 1.23. The van der Waals surface area contributed by atoms with Crippen LogP contribution in [0.25, 0.3) is 6.08 Å². The molecule has 0 fully saturated rings. The average Bonchev–Trinajstić information content (AvgIpc) is 2.13. The SMILES string of the molecule is CC(C)(C)Oc1cc(Cl)ccc1/C=C/C(=O)O. The van der Waals surface area contributed by atoms with Crippen LogP contribution in [0.3, 0.4) is 0 Å². The zero-order valence-corrected chi connectivity index (χ0v) is 10.8. The van der Waals surface area contributed by atoms with Crippen molar-refractivity contribution >= 4 is 23.6 Å². The number of hydrogen-bond donors (Lipinski definition) is 1. The summed E-state index contributed by atoms with van der Waals surface area (Å²) in [7, 11) is 0. The van der Waals surface area contributed by atoms with Gasteiger partial charge in [-0.15, -0.1) is 0 Å². The number of benzene rings is 1.